The molecule has 0 aliphatic heterocycles. The molecule has 1 N–H and O–H groups in total. The Morgan fingerprint density at radius 3 is 2.20 bits per heavy atom. The van der Waals surface area contributed by atoms with Gasteiger partial charge in [-0.1, -0.05) is 30.3 Å². The number of nitrogens with one attached hydrogen (secondary N) is 1. The fraction of sp³-hybridized carbons (Fsp3) is 0.235. The fourth-order valence-corrected chi connectivity index (χ4v) is 1.77. The molecule has 0 heterocycles. The van der Waals surface area contributed by atoms with Crippen molar-refractivity contribution in [1.29, 1.82) is 0 Å². The predicted octanol–water partition coefficient (Wildman–Crippen LogP) is 4.01. The molecule has 2 aromatic carbocycles. The van der Waals surface area contributed by atoms with Crippen molar-refractivity contribution in [3.8, 4) is 11.5 Å². The summed E-state index contributed by atoms with van der Waals surface area (Å²) in [5.41, 5.74) is 0.253. The summed E-state index contributed by atoms with van der Waals surface area (Å²) in [5.74, 6) is 1.13. The van der Waals surface area contributed by atoms with E-state index in [1.165, 1.54) is 0 Å². The monoisotopic (exact) mass is 269 g/mol. The summed E-state index contributed by atoms with van der Waals surface area (Å²) in [6.07, 6.45) is 0. The van der Waals surface area contributed by atoms with E-state index in [1.54, 1.807) is 12.1 Å². The van der Waals surface area contributed by atoms with Crippen molar-refractivity contribution in [2.75, 3.05) is 0 Å². The molecule has 0 unspecified atom stereocenters. The first kappa shape index (κ1) is 14.1. The molecule has 0 bridgehead atoms. The molecule has 1 amide bonds. The minimum atomic E-state index is -0.281. The molecule has 0 spiro atoms. The Kier molecular flexibility index (Phi) is 4.08. The lowest BCUT2D eigenvalue weighted by Crippen LogP contribution is -2.40. The third kappa shape index (κ3) is 3.85. The lowest BCUT2D eigenvalue weighted by atomic mass is 10.1. The van der Waals surface area contributed by atoms with Crippen LogP contribution in [0.1, 0.15) is 31.1 Å². The van der Waals surface area contributed by atoms with Crippen molar-refractivity contribution >= 4 is 5.91 Å². The van der Waals surface area contributed by atoms with Gasteiger partial charge in [0.2, 0.25) is 0 Å². The van der Waals surface area contributed by atoms with Crippen LogP contribution in [-0.2, 0) is 0 Å². The molecule has 3 heteroatoms. The van der Waals surface area contributed by atoms with Crippen molar-refractivity contribution in [1.82, 2.24) is 5.32 Å². The zero-order valence-electron chi connectivity index (χ0n) is 12.0. The molecule has 0 aliphatic carbocycles. The van der Waals surface area contributed by atoms with Gasteiger partial charge < -0.3 is 10.1 Å². The third-order valence-corrected chi connectivity index (χ3v) is 2.59. The van der Waals surface area contributed by atoms with Gasteiger partial charge in [-0.3, -0.25) is 4.79 Å². The number of benzene rings is 2. The normalized spacial score (nSPS) is 10.9. The van der Waals surface area contributed by atoms with Crippen LogP contribution < -0.4 is 10.1 Å². The number of para-hydroxylation sites is 2. The first-order valence-corrected chi connectivity index (χ1v) is 6.60. The minimum absolute atomic E-state index is 0.135. The Bertz CT molecular complexity index is 585. The van der Waals surface area contributed by atoms with E-state index >= 15 is 0 Å². The van der Waals surface area contributed by atoms with Gasteiger partial charge in [0.1, 0.15) is 11.5 Å². The standard InChI is InChI=1S/C17H19NO2/c1-17(2,3)18-16(19)14-11-7-8-12-15(14)20-13-9-5-4-6-10-13/h4-12H,1-3H3,(H,18,19). The van der Waals surface area contributed by atoms with Gasteiger partial charge >= 0.3 is 0 Å². The SMILES string of the molecule is CC(C)(C)NC(=O)c1ccccc1Oc1ccccc1. The molecule has 0 radical (unpaired) electrons. The van der Waals surface area contributed by atoms with Crippen LogP contribution in [0.25, 0.3) is 0 Å². The van der Waals surface area contributed by atoms with Crippen LogP contribution in [0.5, 0.6) is 11.5 Å². The van der Waals surface area contributed by atoms with Crippen LogP contribution in [-0.4, -0.2) is 11.4 Å². The zero-order chi connectivity index (χ0) is 14.6. The molecule has 0 fully saturated rings. The van der Waals surface area contributed by atoms with Crippen LogP contribution in [0, 0.1) is 0 Å². The average Bonchev–Trinajstić information content (AvgIpc) is 2.38. The summed E-state index contributed by atoms with van der Waals surface area (Å²) in [7, 11) is 0. The van der Waals surface area contributed by atoms with Gasteiger partial charge in [0.25, 0.3) is 5.91 Å². The molecule has 0 saturated carbocycles. The molecule has 0 atom stereocenters. The van der Waals surface area contributed by atoms with Crippen molar-refractivity contribution in [2.45, 2.75) is 26.3 Å². The van der Waals surface area contributed by atoms with E-state index in [0.717, 1.165) is 0 Å². The van der Waals surface area contributed by atoms with Gasteiger partial charge in [-0.25, -0.2) is 0 Å². The van der Waals surface area contributed by atoms with E-state index in [-0.39, 0.29) is 11.4 Å². The first-order chi connectivity index (χ1) is 9.46. The van der Waals surface area contributed by atoms with Crippen LogP contribution in [0.3, 0.4) is 0 Å². The maximum atomic E-state index is 12.3. The largest absolute Gasteiger partial charge is 0.457 e. The summed E-state index contributed by atoms with van der Waals surface area (Å²) in [6.45, 7) is 5.85. The minimum Gasteiger partial charge on any atom is -0.457 e. The van der Waals surface area contributed by atoms with Gasteiger partial charge in [0.15, 0.2) is 0 Å². The average molecular weight is 269 g/mol. The van der Waals surface area contributed by atoms with Crippen LogP contribution in [0.4, 0.5) is 0 Å². The van der Waals surface area contributed by atoms with Gasteiger partial charge in [0.05, 0.1) is 5.56 Å². The van der Waals surface area contributed by atoms with Crippen molar-refractivity contribution in [3.63, 3.8) is 0 Å². The Balaban J connectivity index is 2.25. The third-order valence-electron chi connectivity index (χ3n) is 2.59. The Hall–Kier alpha value is -2.29. The van der Waals surface area contributed by atoms with E-state index in [4.69, 9.17) is 4.74 Å². The highest BCUT2D eigenvalue weighted by molar-refractivity contribution is 5.97. The van der Waals surface area contributed by atoms with E-state index in [1.807, 2.05) is 63.2 Å². The lowest BCUT2D eigenvalue weighted by molar-refractivity contribution is 0.0917. The molecule has 0 saturated heterocycles. The van der Waals surface area contributed by atoms with Crippen molar-refractivity contribution in [2.24, 2.45) is 0 Å². The highest BCUT2D eigenvalue weighted by Crippen LogP contribution is 2.25. The predicted molar refractivity (Wildman–Crippen MR) is 80.2 cm³/mol. The van der Waals surface area contributed by atoms with Crippen molar-refractivity contribution in [3.05, 3.63) is 60.2 Å². The maximum Gasteiger partial charge on any atom is 0.255 e. The number of carbonyl (C=O) groups excluding carboxylic acids is 1. The molecule has 0 aromatic heterocycles. The van der Waals surface area contributed by atoms with Crippen LogP contribution >= 0.6 is 0 Å². The number of hydrogen-bond donors (Lipinski definition) is 1. The van der Waals surface area contributed by atoms with Gasteiger partial charge in [-0.2, -0.15) is 0 Å². The smallest absolute Gasteiger partial charge is 0.255 e. The summed E-state index contributed by atoms with van der Waals surface area (Å²) in [4.78, 5) is 12.3. The van der Waals surface area contributed by atoms with Gasteiger partial charge in [-0.05, 0) is 45.0 Å². The second kappa shape index (κ2) is 5.78. The number of hydrogen-bond acceptors (Lipinski definition) is 2. The number of carbonyl (C=O) groups is 1. The highest BCUT2D eigenvalue weighted by atomic mass is 16.5. The zero-order valence-corrected chi connectivity index (χ0v) is 12.0. The van der Waals surface area contributed by atoms with E-state index in [0.29, 0.717) is 17.1 Å². The highest BCUT2D eigenvalue weighted by Gasteiger charge is 2.18. The topological polar surface area (TPSA) is 38.3 Å². The molecule has 2 aromatic rings. The lowest BCUT2D eigenvalue weighted by Gasteiger charge is -2.21. The van der Waals surface area contributed by atoms with E-state index in [9.17, 15) is 4.79 Å². The number of amides is 1. The van der Waals surface area contributed by atoms with E-state index in [2.05, 4.69) is 5.32 Å². The maximum absolute atomic E-state index is 12.3. The molecule has 20 heavy (non-hydrogen) atoms. The summed E-state index contributed by atoms with van der Waals surface area (Å²) in [6, 6.07) is 16.7. The van der Waals surface area contributed by atoms with E-state index < -0.39 is 0 Å². The van der Waals surface area contributed by atoms with Crippen molar-refractivity contribution < 1.29 is 9.53 Å². The van der Waals surface area contributed by atoms with Gasteiger partial charge in [0, 0.05) is 5.54 Å². The Morgan fingerprint density at radius 2 is 1.55 bits per heavy atom. The molecule has 3 nitrogen and oxygen atoms in total. The van der Waals surface area contributed by atoms with Crippen LogP contribution in [0.15, 0.2) is 54.6 Å². The van der Waals surface area contributed by atoms with Gasteiger partial charge in [-0.15, -0.1) is 0 Å². The Labute approximate surface area is 119 Å². The molecular formula is C17H19NO2. The quantitative estimate of drug-likeness (QED) is 0.914. The second-order valence-electron chi connectivity index (χ2n) is 5.62. The molecular weight excluding hydrogens is 250 g/mol. The molecule has 104 valence electrons. The Morgan fingerprint density at radius 1 is 0.950 bits per heavy atom. The number of rotatable bonds is 3. The summed E-state index contributed by atoms with van der Waals surface area (Å²) >= 11 is 0. The molecule has 0 aliphatic rings. The summed E-state index contributed by atoms with van der Waals surface area (Å²) < 4.78 is 5.78. The molecule has 2 rings (SSSR count). The summed E-state index contributed by atoms with van der Waals surface area (Å²) in [5, 5.41) is 2.94. The fourth-order valence-electron chi connectivity index (χ4n) is 1.77. The first-order valence-electron chi connectivity index (χ1n) is 6.60. The number of ether oxygens (including phenoxy) is 1. The second-order valence-corrected chi connectivity index (χ2v) is 5.62. The van der Waals surface area contributed by atoms with Crippen LogP contribution in [0.2, 0.25) is 0 Å².